The summed E-state index contributed by atoms with van der Waals surface area (Å²) in [7, 11) is 0. The van der Waals surface area contributed by atoms with Gasteiger partial charge in [0.1, 0.15) is 0 Å². The first-order valence-corrected chi connectivity index (χ1v) is 0. The first-order chi connectivity index (χ1) is 0. The molecule has 0 saturated heterocycles. The molecular weight excluding hydrogens is 240 g/mol. The summed E-state index contributed by atoms with van der Waals surface area (Å²) in [6.07, 6.45) is 0. The van der Waals surface area contributed by atoms with Gasteiger partial charge < -0.3 is 27.0 Å². The minimum Gasteiger partial charge on any atom is -0.813 e. The van der Waals surface area contributed by atoms with Gasteiger partial charge >= 0.3 is 0 Å². The van der Waals surface area contributed by atoms with Crippen molar-refractivity contribution in [3.05, 3.63) is 0 Å². The maximum Gasteiger partial charge on any atom is 0 e. The molecule has 0 fully saturated rings. The van der Waals surface area contributed by atoms with Crippen LogP contribution in [-0.4, -0.2) is 0 Å². The fraction of sp³-hybridized carbons (Fsp3) is 0. The summed E-state index contributed by atoms with van der Waals surface area (Å²) in [5.41, 5.74) is 0. The van der Waals surface area contributed by atoms with Crippen molar-refractivity contribution < 1.29 is 49.5 Å². The molecule has 5 heteroatoms. The molecule has 0 aliphatic carbocycles. The van der Waals surface area contributed by atoms with Crippen LogP contribution < -0.4 is 0 Å². The van der Waals surface area contributed by atoms with Gasteiger partial charge in [0, 0.05) is 49.5 Å². The van der Waals surface area contributed by atoms with Crippen LogP contribution in [0.25, 0.3) is 0 Å². The molecule has 0 heterocycles. The van der Waals surface area contributed by atoms with Gasteiger partial charge in [-0.2, -0.15) is 0 Å². The fourth-order valence-electron chi connectivity index (χ4n) is 0. The summed E-state index contributed by atoms with van der Waals surface area (Å²) < 4.78 is 0. The van der Waals surface area contributed by atoms with E-state index in [0.717, 1.165) is 0 Å². The van der Waals surface area contributed by atoms with Crippen LogP contribution in [-0.2, 0) is 76.5 Å². The van der Waals surface area contributed by atoms with Crippen LogP contribution in [0.5, 0.6) is 0 Å². The molecular formula is H2Ni3S2-2. The topological polar surface area (TPSA) is 0 Å². The average molecular weight is 242 g/mol. The largest absolute Gasteiger partial charge is 0.813 e. The molecule has 46 valence electrons. The van der Waals surface area contributed by atoms with Crippen molar-refractivity contribution in [3.8, 4) is 0 Å². The summed E-state index contributed by atoms with van der Waals surface area (Å²) in [6.45, 7) is 0. The van der Waals surface area contributed by atoms with Crippen molar-refractivity contribution in [2.24, 2.45) is 0 Å². The molecule has 0 aromatic heterocycles. The van der Waals surface area contributed by atoms with E-state index in [1.807, 2.05) is 0 Å². The Morgan fingerprint density at radius 1 is 0.400 bits per heavy atom. The van der Waals surface area contributed by atoms with Crippen LogP contribution in [0.4, 0.5) is 0 Å². The number of hydrogen-bond donors (Lipinski definition) is 0. The summed E-state index contributed by atoms with van der Waals surface area (Å²) in [6, 6.07) is 0. The van der Waals surface area contributed by atoms with Gasteiger partial charge in [-0.3, -0.25) is 0 Å². The van der Waals surface area contributed by atoms with E-state index in [0.29, 0.717) is 0 Å². The number of rotatable bonds is 0. The Kier molecular flexibility index (Phi) is 403. The minimum atomic E-state index is 0. The van der Waals surface area contributed by atoms with E-state index < -0.39 is 0 Å². The summed E-state index contributed by atoms with van der Waals surface area (Å²) in [5.74, 6) is 0. The van der Waals surface area contributed by atoms with E-state index in [1.165, 1.54) is 0 Å². The van der Waals surface area contributed by atoms with Gasteiger partial charge in [0.05, 0.1) is 0 Å². The zero-order valence-electron chi connectivity index (χ0n) is 1.84. The molecule has 0 atom stereocenters. The predicted octanol–water partition coefficient (Wildman–Crippen LogP) is -0.548. The number of hydrogen-bond acceptors (Lipinski definition) is 2. The summed E-state index contributed by atoms with van der Waals surface area (Å²) >= 11 is 0. The van der Waals surface area contributed by atoms with E-state index in [-0.39, 0.29) is 76.5 Å². The molecule has 0 aliphatic heterocycles. The van der Waals surface area contributed by atoms with Crippen LogP contribution in [0.2, 0.25) is 0 Å². The van der Waals surface area contributed by atoms with Crippen molar-refractivity contribution in [3.63, 3.8) is 0 Å². The normalized spacial score (nSPS) is 0. The van der Waals surface area contributed by atoms with Crippen LogP contribution in [0.1, 0.15) is 0 Å². The van der Waals surface area contributed by atoms with Gasteiger partial charge in [-0.25, -0.2) is 0 Å². The van der Waals surface area contributed by atoms with Gasteiger partial charge in [0.2, 0.25) is 0 Å². The maximum atomic E-state index is 0. The van der Waals surface area contributed by atoms with Crippen LogP contribution >= 0.6 is 0 Å². The Bertz CT molecular complexity index is 4.85. The Morgan fingerprint density at radius 3 is 0.400 bits per heavy atom. The molecule has 0 radical (unpaired) electrons. The first kappa shape index (κ1) is 57.7. The van der Waals surface area contributed by atoms with Crippen LogP contribution in [0.3, 0.4) is 0 Å². The van der Waals surface area contributed by atoms with Gasteiger partial charge in [-0.15, -0.1) is 0 Å². The average Bonchev–Trinajstić information content (AvgIpc) is 0. The molecule has 0 bridgehead atoms. The van der Waals surface area contributed by atoms with E-state index in [4.69, 9.17) is 0 Å². The van der Waals surface area contributed by atoms with Gasteiger partial charge in [0.25, 0.3) is 0 Å². The molecule has 0 unspecified atom stereocenters. The first-order valence-electron chi connectivity index (χ1n) is 0. The monoisotopic (exact) mass is 240 g/mol. The van der Waals surface area contributed by atoms with Crippen molar-refractivity contribution >= 4 is 27.0 Å². The Balaban J connectivity index is 0. The van der Waals surface area contributed by atoms with Gasteiger partial charge in [0.15, 0.2) is 0 Å². The van der Waals surface area contributed by atoms with Crippen molar-refractivity contribution in [1.82, 2.24) is 0 Å². The molecule has 0 nitrogen and oxygen atoms in total. The van der Waals surface area contributed by atoms with Gasteiger partial charge in [-0.05, 0) is 0 Å². The van der Waals surface area contributed by atoms with E-state index >= 15 is 0 Å². The Hall–Kier alpha value is 2.18. The Labute approximate surface area is 75.9 Å². The van der Waals surface area contributed by atoms with E-state index in [9.17, 15) is 0 Å². The van der Waals surface area contributed by atoms with E-state index in [1.54, 1.807) is 0 Å². The van der Waals surface area contributed by atoms with Gasteiger partial charge in [-0.1, -0.05) is 0 Å². The second-order valence-corrected chi connectivity index (χ2v) is 0. The SMILES string of the molecule is [Ni].[Ni].[Ni].[SH-].[SH-]. The molecule has 0 amide bonds. The molecule has 0 aromatic carbocycles. The fourth-order valence-corrected chi connectivity index (χ4v) is 0. The van der Waals surface area contributed by atoms with E-state index in [2.05, 4.69) is 0 Å². The number of thiol groups is 2. The minimum absolute atomic E-state index is 0. The zero-order chi connectivity index (χ0) is 0. The Morgan fingerprint density at radius 2 is 0.400 bits per heavy atom. The third kappa shape index (κ3) is 22.7. The summed E-state index contributed by atoms with van der Waals surface area (Å²) in [4.78, 5) is 0. The van der Waals surface area contributed by atoms with Crippen LogP contribution in [0.15, 0.2) is 0 Å². The quantitative estimate of drug-likeness (QED) is 0.318. The standard InChI is InChI=1S/3Ni.2H2S/h;;;2*1H2/p-2. The van der Waals surface area contributed by atoms with Crippen LogP contribution in [0, 0.1) is 0 Å². The molecule has 0 N–H and O–H groups in total. The summed E-state index contributed by atoms with van der Waals surface area (Å²) in [5, 5.41) is 0. The molecule has 0 saturated carbocycles. The zero-order valence-corrected chi connectivity index (χ0v) is 6.59. The molecule has 0 aromatic rings. The molecule has 5 heavy (non-hydrogen) atoms. The second kappa shape index (κ2) is 34.9. The molecule has 0 rings (SSSR count). The predicted molar refractivity (Wildman–Crippen MR) is 17.5 cm³/mol. The van der Waals surface area contributed by atoms with Crippen molar-refractivity contribution in [2.75, 3.05) is 0 Å². The maximum absolute atomic E-state index is 0. The second-order valence-electron chi connectivity index (χ2n) is 0. The third-order valence-corrected chi connectivity index (χ3v) is 0. The smallest absolute Gasteiger partial charge is 0 e. The van der Waals surface area contributed by atoms with Crippen molar-refractivity contribution in [2.45, 2.75) is 0 Å². The third-order valence-electron chi connectivity index (χ3n) is 0. The van der Waals surface area contributed by atoms with Crippen molar-refractivity contribution in [1.29, 1.82) is 0 Å². The molecule has 0 aliphatic rings. The molecule has 0 spiro atoms.